The number of rotatable bonds is 5. The molecule has 2 aromatic heterocycles. The van der Waals surface area contributed by atoms with Gasteiger partial charge in [-0.15, -0.1) is 0 Å². The first kappa shape index (κ1) is 19.3. The Kier molecular flexibility index (Phi) is 5.09. The van der Waals surface area contributed by atoms with E-state index in [2.05, 4.69) is 54.2 Å². The number of benzene rings is 2. The molecule has 0 spiro atoms. The van der Waals surface area contributed by atoms with Gasteiger partial charge in [0, 0.05) is 55.8 Å². The molecule has 0 unspecified atom stereocenters. The summed E-state index contributed by atoms with van der Waals surface area (Å²) in [4.78, 5) is 22.4. The van der Waals surface area contributed by atoms with Crippen molar-refractivity contribution in [3.05, 3.63) is 93.5 Å². The van der Waals surface area contributed by atoms with Crippen LogP contribution in [0.25, 0.3) is 10.9 Å². The Morgan fingerprint density at radius 1 is 1.16 bits per heavy atom. The van der Waals surface area contributed by atoms with E-state index in [1.54, 1.807) is 6.21 Å². The van der Waals surface area contributed by atoms with Crippen molar-refractivity contribution in [1.29, 1.82) is 0 Å². The predicted molar refractivity (Wildman–Crippen MR) is 123 cm³/mol. The molecular weight excluding hydrogens is 388 g/mol. The summed E-state index contributed by atoms with van der Waals surface area (Å²) in [7, 11) is 2.01. The molecular formula is C24H24N6O. The zero-order chi connectivity index (χ0) is 21.2. The van der Waals surface area contributed by atoms with Gasteiger partial charge >= 0.3 is 0 Å². The maximum atomic E-state index is 12.7. The molecule has 0 radical (unpaired) electrons. The third-order valence-corrected chi connectivity index (χ3v) is 5.70. The molecule has 7 nitrogen and oxygen atoms in total. The first-order valence-electron chi connectivity index (χ1n) is 10.4. The van der Waals surface area contributed by atoms with E-state index >= 15 is 0 Å². The molecule has 4 aromatic rings. The normalized spacial score (nSPS) is 14.2. The second kappa shape index (κ2) is 8.20. The fourth-order valence-corrected chi connectivity index (χ4v) is 4.15. The Balaban J connectivity index is 1.30. The van der Waals surface area contributed by atoms with Crippen molar-refractivity contribution in [2.45, 2.75) is 19.5 Å². The van der Waals surface area contributed by atoms with Crippen LogP contribution in [0.2, 0.25) is 0 Å². The molecule has 0 saturated heterocycles. The van der Waals surface area contributed by atoms with E-state index in [1.807, 2.05) is 43.6 Å². The average Bonchev–Trinajstić information content (AvgIpc) is 3.11. The van der Waals surface area contributed by atoms with Gasteiger partial charge in [-0.1, -0.05) is 48.5 Å². The summed E-state index contributed by atoms with van der Waals surface area (Å²) in [5.74, 6) is 0.372. The Bertz CT molecular complexity index is 1300. The largest absolute Gasteiger partial charge is 0.350 e. The van der Waals surface area contributed by atoms with Crippen molar-refractivity contribution in [1.82, 2.24) is 19.4 Å². The number of hydrazone groups is 1. The highest BCUT2D eigenvalue weighted by Crippen LogP contribution is 2.19. The summed E-state index contributed by atoms with van der Waals surface area (Å²) in [5.41, 5.74) is 7.76. The van der Waals surface area contributed by atoms with Crippen LogP contribution in [0.15, 0.2) is 70.7 Å². The van der Waals surface area contributed by atoms with Crippen LogP contribution < -0.4 is 11.0 Å². The molecule has 7 heteroatoms. The van der Waals surface area contributed by atoms with Crippen LogP contribution in [0, 0.1) is 0 Å². The van der Waals surface area contributed by atoms with E-state index in [4.69, 9.17) is 0 Å². The fourth-order valence-electron chi connectivity index (χ4n) is 4.15. The number of nitrogens with one attached hydrogen (secondary N) is 2. The number of aromatic nitrogens is 3. The van der Waals surface area contributed by atoms with E-state index in [0.717, 1.165) is 47.2 Å². The smallest absolute Gasteiger partial charge is 0.257 e. The number of fused-ring (bicyclic) bond motifs is 2. The van der Waals surface area contributed by atoms with Crippen molar-refractivity contribution >= 4 is 23.1 Å². The van der Waals surface area contributed by atoms with Crippen LogP contribution in [-0.4, -0.2) is 32.2 Å². The van der Waals surface area contributed by atoms with Gasteiger partial charge in [-0.2, -0.15) is 5.10 Å². The maximum Gasteiger partial charge on any atom is 0.257 e. The quantitative estimate of drug-likeness (QED) is 0.390. The Morgan fingerprint density at radius 2 is 1.97 bits per heavy atom. The summed E-state index contributed by atoms with van der Waals surface area (Å²) < 4.78 is 2.07. The first-order valence-corrected chi connectivity index (χ1v) is 10.4. The topological polar surface area (TPSA) is 78.3 Å². The maximum absolute atomic E-state index is 12.7. The molecule has 3 heterocycles. The van der Waals surface area contributed by atoms with Gasteiger partial charge in [0.15, 0.2) is 0 Å². The molecule has 0 aliphatic carbocycles. The number of hydrogen-bond donors (Lipinski definition) is 2. The minimum atomic E-state index is -0.106. The van der Waals surface area contributed by atoms with E-state index in [0.29, 0.717) is 12.5 Å². The summed E-state index contributed by atoms with van der Waals surface area (Å²) in [6.45, 7) is 2.30. The predicted octanol–water partition coefficient (Wildman–Crippen LogP) is 3.27. The Morgan fingerprint density at radius 3 is 2.84 bits per heavy atom. The van der Waals surface area contributed by atoms with Crippen LogP contribution in [0.3, 0.4) is 0 Å². The molecule has 0 atom stereocenters. The van der Waals surface area contributed by atoms with Gasteiger partial charge in [0.05, 0.1) is 17.5 Å². The Hall–Kier alpha value is -3.71. The standard InChI is InChI=1S/C24H24N6O/c1-29-15-18(19-9-5-6-10-22(19)29)13-25-28-24-26-21-11-12-30(16-20(21)23(31)27-24)14-17-7-3-2-4-8-17/h2-10,13,15H,11-12,14,16H2,1H3,(H2,26,27,28,31)/b25-13-. The lowest BCUT2D eigenvalue weighted by Crippen LogP contribution is -2.35. The van der Waals surface area contributed by atoms with Crippen LogP contribution >= 0.6 is 0 Å². The van der Waals surface area contributed by atoms with Crippen molar-refractivity contribution in [2.24, 2.45) is 12.1 Å². The lowest BCUT2D eigenvalue weighted by Gasteiger charge is -2.27. The lowest BCUT2D eigenvalue weighted by molar-refractivity contribution is 0.242. The van der Waals surface area contributed by atoms with Gasteiger partial charge < -0.3 is 4.57 Å². The lowest BCUT2D eigenvalue weighted by atomic mass is 10.1. The van der Waals surface area contributed by atoms with Crippen LogP contribution in [0.4, 0.5) is 5.95 Å². The van der Waals surface area contributed by atoms with Gasteiger partial charge in [-0.25, -0.2) is 10.4 Å². The molecule has 1 aliphatic rings. The van der Waals surface area contributed by atoms with Crippen LogP contribution in [0.5, 0.6) is 0 Å². The van der Waals surface area contributed by atoms with Crippen LogP contribution in [0.1, 0.15) is 22.4 Å². The molecule has 156 valence electrons. The van der Waals surface area contributed by atoms with Gasteiger partial charge in [0.2, 0.25) is 5.95 Å². The highest BCUT2D eigenvalue weighted by molar-refractivity contribution is 5.99. The molecule has 0 fully saturated rings. The molecule has 31 heavy (non-hydrogen) atoms. The van der Waals surface area contributed by atoms with Crippen molar-refractivity contribution in [2.75, 3.05) is 12.0 Å². The molecule has 0 amide bonds. The van der Waals surface area contributed by atoms with Crippen molar-refractivity contribution in [3.8, 4) is 0 Å². The number of aromatic amines is 1. The first-order chi connectivity index (χ1) is 15.2. The second-order valence-corrected chi connectivity index (χ2v) is 7.87. The second-order valence-electron chi connectivity index (χ2n) is 7.87. The summed E-state index contributed by atoms with van der Waals surface area (Å²) in [5, 5.41) is 5.43. The number of nitrogens with zero attached hydrogens (tertiary/aromatic N) is 4. The van der Waals surface area contributed by atoms with Crippen molar-refractivity contribution < 1.29 is 0 Å². The molecule has 5 rings (SSSR count). The molecule has 1 aliphatic heterocycles. The Labute approximate surface area is 180 Å². The number of hydrogen-bond acceptors (Lipinski definition) is 5. The van der Waals surface area contributed by atoms with E-state index in [9.17, 15) is 4.79 Å². The average molecular weight is 412 g/mol. The van der Waals surface area contributed by atoms with E-state index < -0.39 is 0 Å². The van der Waals surface area contributed by atoms with Gasteiger partial charge in [0.1, 0.15) is 0 Å². The third-order valence-electron chi connectivity index (χ3n) is 5.70. The SMILES string of the molecule is Cn1cc(/C=N\Nc2nc3c(c(=O)[nH]2)CN(Cc2ccccc2)CC3)c2ccccc21. The van der Waals surface area contributed by atoms with Gasteiger partial charge in [-0.05, 0) is 11.6 Å². The zero-order valence-electron chi connectivity index (χ0n) is 17.4. The molecule has 2 N–H and O–H groups in total. The minimum absolute atomic E-state index is 0.106. The summed E-state index contributed by atoms with van der Waals surface area (Å²) in [6.07, 6.45) is 4.53. The number of H-pyrrole nitrogens is 1. The zero-order valence-corrected chi connectivity index (χ0v) is 17.4. The molecule has 2 aromatic carbocycles. The monoisotopic (exact) mass is 412 g/mol. The fraction of sp³-hybridized carbons (Fsp3) is 0.208. The van der Waals surface area contributed by atoms with Gasteiger partial charge in [-0.3, -0.25) is 14.7 Å². The van der Waals surface area contributed by atoms with Crippen molar-refractivity contribution in [3.63, 3.8) is 0 Å². The molecule has 0 bridgehead atoms. The summed E-state index contributed by atoms with van der Waals surface area (Å²) in [6, 6.07) is 18.5. The number of para-hydroxylation sites is 1. The highest BCUT2D eigenvalue weighted by atomic mass is 16.1. The van der Waals surface area contributed by atoms with Crippen LogP contribution in [-0.2, 0) is 26.6 Å². The third kappa shape index (κ3) is 4.00. The summed E-state index contributed by atoms with van der Waals surface area (Å²) >= 11 is 0. The van der Waals surface area contributed by atoms with E-state index in [-0.39, 0.29) is 5.56 Å². The number of aryl methyl sites for hydroxylation is 1. The highest BCUT2D eigenvalue weighted by Gasteiger charge is 2.21. The van der Waals surface area contributed by atoms with E-state index in [1.165, 1.54) is 5.56 Å². The molecule has 0 saturated carbocycles. The van der Waals surface area contributed by atoms with Gasteiger partial charge in [0.25, 0.3) is 5.56 Å². The number of anilines is 1. The minimum Gasteiger partial charge on any atom is -0.350 e.